The SMILES string of the molecule is CC(C)CC/C=N/NC(=O)CCS. The first kappa shape index (κ1) is 12.5. The van der Waals surface area contributed by atoms with E-state index in [4.69, 9.17) is 0 Å². The lowest BCUT2D eigenvalue weighted by molar-refractivity contribution is -0.120. The van der Waals surface area contributed by atoms with Crippen LogP contribution in [0.5, 0.6) is 0 Å². The van der Waals surface area contributed by atoms with Gasteiger partial charge in [0.25, 0.3) is 0 Å². The summed E-state index contributed by atoms with van der Waals surface area (Å²) < 4.78 is 0. The normalized spacial score (nSPS) is 11.1. The van der Waals surface area contributed by atoms with E-state index in [2.05, 4.69) is 37.0 Å². The number of amides is 1. The van der Waals surface area contributed by atoms with E-state index in [0.29, 0.717) is 18.1 Å². The second-order valence-corrected chi connectivity index (χ2v) is 3.74. The maximum absolute atomic E-state index is 10.9. The standard InChI is InChI=1S/C9H18N2OS/c1-8(2)4-3-6-10-11-9(12)5-7-13/h6,8,13H,3-5,7H2,1-2H3,(H,11,12)/b10-6+. The van der Waals surface area contributed by atoms with Crippen molar-refractivity contribution in [3.8, 4) is 0 Å². The van der Waals surface area contributed by atoms with Gasteiger partial charge in [-0.15, -0.1) is 0 Å². The van der Waals surface area contributed by atoms with Crippen LogP contribution in [0, 0.1) is 5.92 Å². The van der Waals surface area contributed by atoms with Gasteiger partial charge in [-0.3, -0.25) is 4.79 Å². The first-order valence-electron chi connectivity index (χ1n) is 4.58. The van der Waals surface area contributed by atoms with Crippen molar-refractivity contribution in [1.82, 2.24) is 5.43 Å². The third-order valence-electron chi connectivity index (χ3n) is 1.49. The highest BCUT2D eigenvalue weighted by atomic mass is 32.1. The van der Waals surface area contributed by atoms with Crippen LogP contribution in [0.2, 0.25) is 0 Å². The van der Waals surface area contributed by atoms with E-state index < -0.39 is 0 Å². The molecule has 0 bridgehead atoms. The van der Waals surface area contributed by atoms with Gasteiger partial charge >= 0.3 is 0 Å². The Labute approximate surface area is 85.4 Å². The van der Waals surface area contributed by atoms with Gasteiger partial charge in [-0.2, -0.15) is 17.7 Å². The van der Waals surface area contributed by atoms with Crippen LogP contribution in [0.15, 0.2) is 5.10 Å². The molecule has 0 aliphatic carbocycles. The lowest BCUT2D eigenvalue weighted by Gasteiger charge is -1.99. The predicted molar refractivity (Wildman–Crippen MR) is 59.2 cm³/mol. The third kappa shape index (κ3) is 9.40. The molecule has 4 heteroatoms. The van der Waals surface area contributed by atoms with E-state index in [1.54, 1.807) is 6.21 Å². The maximum atomic E-state index is 10.9. The molecular weight excluding hydrogens is 184 g/mol. The Morgan fingerprint density at radius 3 is 2.85 bits per heavy atom. The number of rotatable bonds is 6. The van der Waals surface area contributed by atoms with Crippen LogP contribution in [-0.2, 0) is 4.79 Å². The van der Waals surface area contributed by atoms with Gasteiger partial charge in [0.05, 0.1) is 0 Å². The van der Waals surface area contributed by atoms with Crippen molar-refractivity contribution < 1.29 is 4.79 Å². The van der Waals surface area contributed by atoms with Crippen molar-refractivity contribution in [3.63, 3.8) is 0 Å². The summed E-state index contributed by atoms with van der Waals surface area (Å²) in [6, 6.07) is 0. The Morgan fingerprint density at radius 2 is 2.31 bits per heavy atom. The molecule has 1 amide bonds. The summed E-state index contributed by atoms with van der Waals surface area (Å²) in [4.78, 5) is 10.9. The number of hydrazone groups is 1. The minimum Gasteiger partial charge on any atom is -0.273 e. The van der Waals surface area contributed by atoms with Crippen LogP contribution in [0.1, 0.15) is 33.1 Å². The largest absolute Gasteiger partial charge is 0.273 e. The molecule has 0 aromatic heterocycles. The molecule has 3 nitrogen and oxygen atoms in total. The molecule has 0 saturated carbocycles. The first-order chi connectivity index (χ1) is 6.16. The number of thiol groups is 1. The van der Waals surface area contributed by atoms with E-state index in [1.807, 2.05) is 0 Å². The van der Waals surface area contributed by atoms with Gasteiger partial charge in [0, 0.05) is 12.6 Å². The number of carbonyl (C=O) groups is 1. The highest BCUT2D eigenvalue weighted by Gasteiger charge is 1.95. The van der Waals surface area contributed by atoms with Gasteiger partial charge < -0.3 is 0 Å². The van der Waals surface area contributed by atoms with Crippen LogP contribution in [0.4, 0.5) is 0 Å². The smallest absolute Gasteiger partial charge is 0.240 e. The van der Waals surface area contributed by atoms with Gasteiger partial charge in [-0.25, -0.2) is 5.43 Å². The summed E-state index contributed by atoms with van der Waals surface area (Å²) in [7, 11) is 0. The van der Waals surface area contributed by atoms with Gasteiger partial charge in [-0.05, 0) is 24.5 Å². The van der Waals surface area contributed by atoms with Crippen molar-refractivity contribution in [2.75, 3.05) is 5.75 Å². The number of nitrogens with one attached hydrogen (secondary N) is 1. The molecule has 76 valence electrons. The van der Waals surface area contributed by atoms with Gasteiger partial charge in [-0.1, -0.05) is 13.8 Å². The van der Waals surface area contributed by atoms with Crippen LogP contribution < -0.4 is 5.43 Å². The molecule has 0 saturated heterocycles. The van der Waals surface area contributed by atoms with Gasteiger partial charge in [0.2, 0.25) is 5.91 Å². The molecule has 0 aromatic carbocycles. The average molecular weight is 202 g/mol. The highest BCUT2D eigenvalue weighted by molar-refractivity contribution is 7.80. The van der Waals surface area contributed by atoms with Crippen molar-refractivity contribution in [1.29, 1.82) is 0 Å². The number of hydrogen-bond donors (Lipinski definition) is 2. The summed E-state index contributed by atoms with van der Waals surface area (Å²) in [5.74, 6) is 1.17. The molecule has 1 N–H and O–H groups in total. The quantitative estimate of drug-likeness (QED) is 0.385. The Bertz CT molecular complexity index is 169. The molecule has 13 heavy (non-hydrogen) atoms. The summed E-state index contributed by atoms with van der Waals surface area (Å²) in [5.41, 5.74) is 2.44. The molecule has 0 fully saturated rings. The lowest BCUT2D eigenvalue weighted by atomic mass is 10.1. The van der Waals surface area contributed by atoms with Crippen molar-refractivity contribution in [3.05, 3.63) is 0 Å². The van der Waals surface area contributed by atoms with Crippen molar-refractivity contribution >= 4 is 24.8 Å². The van der Waals surface area contributed by atoms with E-state index in [9.17, 15) is 4.79 Å². The molecule has 0 unspecified atom stereocenters. The zero-order chi connectivity index (χ0) is 10.1. The van der Waals surface area contributed by atoms with Gasteiger partial charge in [0.15, 0.2) is 0 Å². The summed E-state index contributed by atoms with van der Waals surface area (Å²) in [5, 5.41) is 3.80. The zero-order valence-corrected chi connectivity index (χ0v) is 9.18. The third-order valence-corrected chi connectivity index (χ3v) is 1.72. The second kappa shape index (κ2) is 8.10. The molecule has 0 rings (SSSR count). The number of hydrogen-bond acceptors (Lipinski definition) is 3. The average Bonchev–Trinajstić information content (AvgIpc) is 2.03. The Balaban J connectivity index is 3.35. The Morgan fingerprint density at radius 1 is 1.62 bits per heavy atom. The maximum Gasteiger partial charge on any atom is 0.240 e. The fraction of sp³-hybridized carbons (Fsp3) is 0.778. The van der Waals surface area contributed by atoms with E-state index >= 15 is 0 Å². The molecule has 0 aromatic rings. The second-order valence-electron chi connectivity index (χ2n) is 3.29. The van der Waals surface area contributed by atoms with Crippen LogP contribution in [0.25, 0.3) is 0 Å². The minimum atomic E-state index is -0.0733. The molecule has 0 heterocycles. The zero-order valence-electron chi connectivity index (χ0n) is 8.29. The highest BCUT2D eigenvalue weighted by Crippen LogP contribution is 2.00. The van der Waals surface area contributed by atoms with E-state index in [-0.39, 0.29) is 5.91 Å². The topological polar surface area (TPSA) is 41.5 Å². The molecule has 0 spiro atoms. The first-order valence-corrected chi connectivity index (χ1v) is 5.21. The number of carbonyl (C=O) groups excluding carboxylic acids is 1. The Kier molecular flexibility index (Phi) is 7.79. The monoisotopic (exact) mass is 202 g/mol. The van der Waals surface area contributed by atoms with Crippen LogP contribution in [-0.4, -0.2) is 17.9 Å². The van der Waals surface area contributed by atoms with E-state index in [1.165, 1.54) is 0 Å². The lowest BCUT2D eigenvalue weighted by Crippen LogP contribution is -2.17. The van der Waals surface area contributed by atoms with Crippen molar-refractivity contribution in [2.24, 2.45) is 11.0 Å². The van der Waals surface area contributed by atoms with Crippen LogP contribution >= 0.6 is 12.6 Å². The molecule has 0 aliphatic rings. The summed E-state index contributed by atoms with van der Waals surface area (Å²) in [6.45, 7) is 4.32. The predicted octanol–water partition coefficient (Wildman–Crippen LogP) is 1.84. The fourth-order valence-electron chi connectivity index (χ4n) is 0.748. The molecule has 0 aliphatic heterocycles. The molecule has 0 radical (unpaired) electrons. The summed E-state index contributed by atoms with van der Waals surface area (Å²) >= 11 is 3.94. The number of nitrogens with zero attached hydrogens (tertiary/aromatic N) is 1. The summed E-state index contributed by atoms with van der Waals surface area (Å²) in [6.07, 6.45) is 4.19. The Hall–Kier alpha value is -0.510. The molecule has 0 atom stereocenters. The van der Waals surface area contributed by atoms with E-state index in [0.717, 1.165) is 12.8 Å². The molecular formula is C9H18N2OS. The van der Waals surface area contributed by atoms with Crippen LogP contribution in [0.3, 0.4) is 0 Å². The van der Waals surface area contributed by atoms with Crippen molar-refractivity contribution in [2.45, 2.75) is 33.1 Å². The van der Waals surface area contributed by atoms with Gasteiger partial charge in [0.1, 0.15) is 0 Å². The minimum absolute atomic E-state index is 0.0733. The fourth-order valence-corrected chi connectivity index (χ4v) is 0.951.